The van der Waals surface area contributed by atoms with Crippen LogP contribution in [0, 0.1) is 17.8 Å². The predicted octanol–water partition coefficient (Wildman–Crippen LogP) is 5.78. The number of sulfone groups is 1. The highest BCUT2D eigenvalue weighted by Gasteiger charge is 2.31. The number of carbonyl (C=O) groups is 2. The number of amides is 1. The van der Waals surface area contributed by atoms with E-state index in [0.29, 0.717) is 37.2 Å². The zero-order valence-corrected chi connectivity index (χ0v) is 26.4. The Morgan fingerprint density at radius 3 is 2.48 bits per heavy atom. The minimum atomic E-state index is -3.38. The fourth-order valence-electron chi connectivity index (χ4n) is 6.19. The highest BCUT2D eigenvalue weighted by molar-refractivity contribution is 7.92. The number of esters is 1. The second kappa shape index (κ2) is 14.7. The molecule has 1 amide bonds. The molecule has 1 aliphatic carbocycles. The summed E-state index contributed by atoms with van der Waals surface area (Å²) in [4.78, 5) is 28.0. The van der Waals surface area contributed by atoms with Gasteiger partial charge in [-0.3, -0.25) is 4.79 Å². The minimum absolute atomic E-state index is 0.0952. The van der Waals surface area contributed by atoms with E-state index in [4.69, 9.17) is 9.47 Å². The number of ether oxygens (including phenoxy) is 2. The lowest BCUT2D eigenvalue weighted by molar-refractivity contribution is -0.149. The van der Waals surface area contributed by atoms with E-state index in [2.05, 4.69) is 19.2 Å². The van der Waals surface area contributed by atoms with Gasteiger partial charge in [-0.1, -0.05) is 57.9 Å². The number of benzene rings is 1. The molecule has 0 unspecified atom stereocenters. The molecule has 0 aromatic heterocycles. The minimum Gasteiger partial charge on any atom is -0.457 e. The third-order valence-corrected chi connectivity index (χ3v) is 11.2. The van der Waals surface area contributed by atoms with E-state index in [0.717, 1.165) is 49.9 Å². The molecule has 4 rings (SSSR count). The Bertz CT molecular complexity index is 1250. The Morgan fingerprint density at radius 2 is 1.76 bits per heavy atom. The largest absolute Gasteiger partial charge is 0.457 e. The normalized spacial score (nSPS) is 29.7. The summed E-state index contributed by atoms with van der Waals surface area (Å²) in [5.74, 6) is -0.214. The predicted molar refractivity (Wildman–Crippen MR) is 165 cm³/mol. The fraction of sp³-hybridized carbons (Fsp3) is 0.636. The number of nitrogens with one attached hydrogen (secondary N) is 1. The Labute approximate surface area is 251 Å². The van der Waals surface area contributed by atoms with Crippen LogP contribution in [-0.2, 0) is 24.1 Å². The van der Waals surface area contributed by atoms with Gasteiger partial charge in [-0.2, -0.15) is 0 Å². The number of hydrogen-bond donors (Lipinski definition) is 1. The van der Waals surface area contributed by atoms with Crippen molar-refractivity contribution in [2.45, 2.75) is 95.0 Å². The zero-order valence-electron chi connectivity index (χ0n) is 25.6. The second-order valence-electron chi connectivity index (χ2n) is 12.5. The first-order valence-corrected chi connectivity index (χ1v) is 17.2. The van der Waals surface area contributed by atoms with Crippen molar-refractivity contribution in [3.63, 3.8) is 0 Å². The van der Waals surface area contributed by atoms with Crippen LogP contribution in [-0.4, -0.2) is 69.0 Å². The van der Waals surface area contributed by atoms with Crippen molar-refractivity contribution < 1.29 is 27.5 Å². The lowest BCUT2D eigenvalue weighted by Gasteiger charge is -2.31. The number of rotatable bonds is 5. The summed E-state index contributed by atoms with van der Waals surface area (Å²) in [6, 6.07) is 7.05. The third kappa shape index (κ3) is 8.47. The summed E-state index contributed by atoms with van der Waals surface area (Å²) < 4.78 is 38.5. The highest BCUT2D eigenvalue weighted by atomic mass is 32.2. The summed E-state index contributed by atoms with van der Waals surface area (Å²) in [6.45, 7) is 10.8. The number of carbonyl (C=O) groups excluding carboxylic acids is 2. The van der Waals surface area contributed by atoms with Gasteiger partial charge in [0.1, 0.15) is 12.2 Å². The van der Waals surface area contributed by atoms with Crippen LogP contribution in [0.25, 0.3) is 6.08 Å². The molecule has 0 bridgehead atoms. The van der Waals surface area contributed by atoms with Crippen LogP contribution < -0.4 is 5.32 Å². The number of cyclic esters (lactones) is 1. The molecular weight excluding hydrogens is 552 g/mol. The van der Waals surface area contributed by atoms with E-state index >= 15 is 0 Å². The van der Waals surface area contributed by atoms with Crippen LogP contribution >= 0.6 is 0 Å². The van der Waals surface area contributed by atoms with E-state index < -0.39 is 15.9 Å². The molecule has 5 atom stereocenters. The van der Waals surface area contributed by atoms with Gasteiger partial charge in [-0.05, 0) is 73.8 Å². The number of nitrogens with zero attached hydrogens (tertiary/aromatic N) is 1. The lowest BCUT2D eigenvalue weighted by atomic mass is 9.90. The first-order chi connectivity index (χ1) is 20.0. The molecular formula is C33H48N2O6S. The van der Waals surface area contributed by atoms with E-state index in [1.165, 1.54) is 0 Å². The summed E-state index contributed by atoms with van der Waals surface area (Å²) in [7, 11) is -3.38. The van der Waals surface area contributed by atoms with Crippen LogP contribution in [0.3, 0.4) is 0 Å². The number of piperazine rings is 1. The van der Waals surface area contributed by atoms with Gasteiger partial charge in [0.05, 0.1) is 10.1 Å². The molecule has 2 fully saturated rings. The fourth-order valence-corrected chi connectivity index (χ4v) is 8.10. The van der Waals surface area contributed by atoms with Gasteiger partial charge in [0.15, 0.2) is 9.84 Å². The molecule has 1 saturated heterocycles. The summed E-state index contributed by atoms with van der Waals surface area (Å²) in [5.41, 5.74) is 1.58. The topological polar surface area (TPSA) is 102 Å². The lowest BCUT2D eigenvalue weighted by Crippen LogP contribution is -2.47. The molecule has 3 aliphatic rings. The molecule has 9 heteroatoms. The Balaban J connectivity index is 1.57. The molecule has 42 heavy (non-hydrogen) atoms. The zero-order chi connectivity index (χ0) is 30.3. The maximum Gasteiger partial charge on any atom is 0.410 e. The van der Waals surface area contributed by atoms with Gasteiger partial charge in [0.2, 0.25) is 0 Å². The Hall–Kier alpha value is -2.65. The maximum atomic E-state index is 13.2. The summed E-state index contributed by atoms with van der Waals surface area (Å²) >= 11 is 0. The molecule has 8 nitrogen and oxygen atoms in total. The van der Waals surface area contributed by atoms with E-state index in [-0.39, 0.29) is 41.2 Å². The van der Waals surface area contributed by atoms with Crippen molar-refractivity contribution in [1.82, 2.24) is 10.2 Å². The summed E-state index contributed by atoms with van der Waals surface area (Å²) in [5, 5.41) is 2.95. The molecule has 1 aromatic carbocycles. The van der Waals surface area contributed by atoms with Crippen molar-refractivity contribution in [3.05, 3.63) is 47.6 Å². The van der Waals surface area contributed by atoms with E-state index in [1.807, 2.05) is 38.1 Å². The van der Waals surface area contributed by atoms with Gasteiger partial charge in [0, 0.05) is 38.5 Å². The molecule has 0 spiro atoms. The monoisotopic (exact) mass is 600 g/mol. The first kappa shape index (κ1) is 32.3. The van der Waals surface area contributed by atoms with Gasteiger partial charge >= 0.3 is 12.1 Å². The van der Waals surface area contributed by atoms with Gasteiger partial charge in [0.25, 0.3) is 0 Å². The SMILES string of the molecule is C/C(=C\c1cccc(S(=O)(=O)C2CCCC2)c1)[C@H]1OC(=O)C[C@H](C)CC[C@H](C)[C@@H](OC(=O)N2CCNCC2)/C=C/[C@@H]1C. The van der Waals surface area contributed by atoms with Crippen LogP contribution in [0.2, 0.25) is 0 Å². The third-order valence-electron chi connectivity index (χ3n) is 8.91. The Kier molecular flexibility index (Phi) is 11.3. The molecule has 2 heterocycles. The standard InChI is InChI=1S/C33H48N2O6S/c1-23-12-13-24(2)30(40-33(37)35-18-16-34-17-19-35)15-14-25(3)32(41-31(36)20-23)26(4)21-27-8-7-11-29(22-27)42(38,39)28-9-5-6-10-28/h7-8,11,14-15,21-25,28,30,32,34H,5-6,9-10,12-13,16-20H2,1-4H3/b15-14+,26-21+/t23-,24+,25+,30+,32+/m1/s1. The highest BCUT2D eigenvalue weighted by Crippen LogP contribution is 2.31. The van der Waals surface area contributed by atoms with Crippen molar-refractivity contribution >= 4 is 28.0 Å². The van der Waals surface area contributed by atoms with Crippen molar-refractivity contribution in [3.8, 4) is 0 Å². The average Bonchev–Trinajstić information content (AvgIpc) is 3.53. The second-order valence-corrected chi connectivity index (χ2v) is 14.7. The van der Waals surface area contributed by atoms with Crippen molar-refractivity contribution in [1.29, 1.82) is 0 Å². The molecule has 0 radical (unpaired) electrons. The van der Waals surface area contributed by atoms with E-state index in [9.17, 15) is 18.0 Å². The van der Waals surface area contributed by atoms with E-state index in [1.54, 1.807) is 23.1 Å². The van der Waals surface area contributed by atoms with Gasteiger partial charge in [-0.25, -0.2) is 13.2 Å². The van der Waals surface area contributed by atoms with Crippen molar-refractivity contribution in [2.75, 3.05) is 26.2 Å². The molecule has 1 aromatic rings. The average molecular weight is 601 g/mol. The summed E-state index contributed by atoms with van der Waals surface area (Å²) in [6.07, 6.45) is 9.91. The van der Waals surface area contributed by atoms with Gasteiger partial charge in [-0.15, -0.1) is 0 Å². The van der Waals surface area contributed by atoms with Crippen molar-refractivity contribution in [2.24, 2.45) is 17.8 Å². The molecule has 1 N–H and O–H groups in total. The Morgan fingerprint density at radius 1 is 1.05 bits per heavy atom. The maximum absolute atomic E-state index is 13.2. The molecule has 1 saturated carbocycles. The van der Waals surface area contributed by atoms with Crippen LogP contribution in [0.1, 0.15) is 78.2 Å². The quantitative estimate of drug-likeness (QED) is 0.338. The van der Waals surface area contributed by atoms with Gasteiger partial charge < -0.3 is 19.7 Å². The van der Waals surface area contributed by atoms with Crippen LogP contribution in [0.4, 0.5) is 4.79 Å². The molecule has 2 aliphatic heterocycles. The molecule has 232 valence electrons. The smallest absolute Gasteiger partial charge is 0.410 e. The van der Waals surface area contributed by atoms with Crippen LogP contribution in [0.15, 0.2) is 46.9 Å². The van der Waals surface area contributed by atoms with Crippen LogP contribution in [0.5, 0.6) is 0 Å². The number of hydrogen-bond acceptors (Lipinski definition) is 7. The first-order valence-electron chi connectivity index (χ1n) is 15.6.